The van der Waals surface area contributed by atoms with Gasteiger partial charge in [-0.3, -0.25) is 0 Å². The van der Waals surface area contributed by atoms with Gasteiger partial charge in [0.15, 0.2) is 0 Å². The van der Waals surface area contributed by atoms with Gasteiger partial charge in [-0.1, -0.05) is 0 Å². The van der Waals surface area contributed by atoms with Crippen LogP contribution in [-0.4, -0.2) is 0 Å². The highest BCUT2D eigenvalue weighted by molar-refractivity contribution is 7.25. The summed E-state index contributed by atoms with van der Waals surface area (Å²) >= 11 is 2.62. The monoisotopic (exact) mass is 266 g/mol. The lowest BCUT2D eigenvalue weighted by Gasteiger charge is -1.77. The molecule has 0 atom stereocenters. The Bertz CT molecular complexity index is 773. The molecule has 0 fully saturated rings. The number of hydrogen-bond donors (Lipinski definition) is 0. The summed E-state index contributed by atoms with van der Waals surface area (Å²) in [5, 5.41) is 35.1. The van der Waals surface area contributed by atoms with Gasteiger partial charge in [0.2, 0.25) is 0 Å². The summed E-state index contributed by atoms with van der Waals surface area (Å²) in [7, 11) is 0. The lowest BCUT2D eigenvalue weighted by Crippen LogP contribution is -1.97. The fourth-order valence-electron chi connectivity index (χ4n) is 1.35. The Morgan fingerprint density at radius 3 is 1.33 bits per heavy atom. The maximum absolute atomic E-state index is 8.77. The minimum absolute atomic E-state index is 0.0784. The molecule has 0 bridgehead atoms. The van der Waals surface area contributed by atoms with E-state index in [1.807, 2.05) is 24.3 Å². The van der Waals surface area contributed by atoms with E-state index < -0.39 is 0 Å². The van der Waals surface area contributed by atoms with Crippen LogP contribution in [0.1, 0.15) is 0 Å². The van der Waals surface area contributed by atoms with Gasteiger partial charge < -0.3 is 0 Å². The third-order valence-corrected chi connectivity index (χ3v) is 4.48. The molecule has 0 N–H and O–H groups in total. The molecule has 2 aromatic heterocycles. The van der Waals surface area contributed by atoms with Gasteiger partial charge >= 0.3 is 0 Å². The van der Waals surface area contributed by atoms with Crippen molar-refractivity contribution in [2.75, 3.05) is 0 Å². The van der Waals surface area contributed by atoms with Gasteiger partial charge in [0, 0.05) is 9.40 Å². The highest BCUT2D eigenvalue weighted by Crippen LogP contribution is 2.20. The molecule has 0 aliphatic carbocycles. The molecule has 82 valence electrons. The Hall–Kier alpha value is -2.64. The Morgan fingerprint density at radius 2 is 1.06 bits per heavy atom. The van der Waals surface area contributed by atoms with Crippen LogP contribution in [-0.2, 0) is 0 Å². The fourth-order valence-corrected chi connectivity index (χ4v) is 3.64. The zero-order valence-electron chi connectivity index (χ0n) is 8.76. The molecule has 18 heavy (non-hydrogen) atoms. The van der Waals surface area contributed by atoms with Crippen LogP contribution in [0.2, 0.25) is 0 Å². The van der Waals surface area contributed by atoms with E-state index in [9.17, 15) is 0 Å². The molecule has 0 spiro atoms. The summed E-state index contributed by atoms with van der Waals surface area (Å²) in [5.74, 6) is 0. The van der Waals surface area contributed by atoms with E-state index in [1.54, 1.807) is 12.1 Å². The summed E-state index contributed by atoms with van der Waals surface area (Å²) in [4.78, 5) is 0. The topological polar surface area (TPSA) is 95.2 Å². The van der Waals surface area contributed by atoms with Crippen molar-refractivity contribution in [1.29, 1.82) is 21.0 Å². The third kappa shape index (κ3) is 1.83. The SMILES string of the molecule is N#CC(C#N)=c1cc2sc(=C(C#N)C#N)cc2s1. The molecule has 2 heterocycles. The minimum atomic E-state index is 0.0784. The number of fused-ring (bicyclic) bond motifs is 1. The van der Waals surface area contributed by atoms with Crippen LogP contribution < -0.4 is 9.06 Å². The number of nitriles is 4. The van der Waals surface area contributed by atoms with Crippen LogP contribution >= 0.6 is 22.7 Å². The minimum Gasteiger partial charge on any atom is -0.192 e. The Morgan fingerprint density at radius 1 is 0.722 bits per heavy atom. The van der Waals surface area contributed by atoms with E-state index in [2.05, 4.69) is 0 Å². The van der Waals surface area contributed by atoms with Crippen molar-refractivity contribution in [1.82, 2.24) is 0 Å². The second-order valence-electron chi connectivity index (χ2n) is 3.15. The number of nitrogens with zero attached hydrogens (tertiary/aromatic N) is 4. The maximum Gasteiger partial charge on any atom is 0.146 e. The summed E-state index contributed by atoms with van der Waals surface area (Å²) in [6.07, 6.45) is 0. The number of thiophene rings is 2. The first-order valence-electron chi connectivity index (χ1n) is 4.62. The van der Waals surface area contributed by atoms with Crippen LogP contribution in [0.15, 0.2) is 12.1 Å². The van der Waals surface area contributed by atoms with Crippen molar-refractivity contribution in [3.63, 3.8) is 0 Å². The van der Waals surface area contributed by atoms with Gasteiger partial charge in [-0.15, -0.1) is 22.7 Å². The van der Waals surface area contributed by atoms with Crippen molar-refractivity contribution < 1.29 is 0 Å². The standard InChI is InChI=1S/C12H2N4S2/c13-3-7(4-14)9-1-11-12(17-9)2-10(18-11)8(5-15)6-16/h1-2H. The van der Waals surface area contributed by atoms with Crippen LogP contribution in [0.3, 0.4) is 0 Å². The van der Waals surface area contributed by atoms with E-state index in [0.717, 1.165) is 9.40 Å². The first-order valence-corrected chi connectivity index (χ1v) is 6.25. The zero-order valence-corrected chi connectivity index (χ0v) is 10.4. The van der Waals surface area contributed by atoms with Crippen LogP contribution in [0.4, 0.5) is 0 Å². The van der Waals surface area contributed by atoms with Gasteiger partial charge in [-0.2, -0.15) is 21.0 Å². The number of rotatable bonds is 0. The maximum atomic E-state index is 8.77. The first-order chi connectivity index (χ1) is 8.73. The van der Waals surface area contributed by atoms with E-state index >= 15 is 0 Å². The second-order valence-corrected chi connectivity index (χ2v) is 5.31. The molecule has 0 aromatic carbocycles. The Kier molecular flexibility index (Phi) is 3.09. The molecule has 0 saturated heterocycles. The molecule has 0 radical (unpaired) electrons. The molecule has 0 saturated carbocycles. The molecule has 0 unspecified atom stereocenters. The fraction of sp³-hybridized carbons (Fsp3) is 0. The van der Waals surface area contributed by atoms with Gasteiger partial charge in [-0.25, -0.2) is 0 Å². The molecule has 2 rings (SSSR count). The molecule has 4 nitrogen and oxygen atoms in total. The number of hydrogen-bond acceptors (Lipinski definition) is 6. The highest BCUT2D eigenvalue weighted by Gasteiger charge is 2.06. The lowest BCUT2D eigenvalue weighted by molar-refractivity contribution is 1.51. The van der Waals surface area contributed by atoms with E-state index in [0.29, 0.717) is 9.06 Å². The third-order valence-electron chi connectivity index (χ3n) is 2.15. The molecule has 0 amide bonds. The summed E-state index contributed by atoms with van der Waals surface area (Å²) < 4.78 is 2.97. The largest absolute Gasteiger partial charge is 0.192 e. The average Bonchev–Trinajstić information content (AvgIpc) is 2.91. The van der Waals surface area contributed by atoms with Crippen LogP contribution in [0.5, 0.6) is 0 Å². The predicted molar refractivity (Wildman–Crippen MR) is 68.2 cm³/mol. The molecule has 6 heteroatoms. The van der Waals surface area contributed by atoms with Crippen LogP contribution in [0.25, 0.3) is 20.5 Å². The van der Waals surface area contributed by atoms with Crippen molar-refractivity contribution in [3.8, 4) is 24.3 Å². The van der Waals surface area contributed by atoms with Gasteiger partial charge in [0.05, 0.1) is 9.06 Å². The smallest absolute Gasteiger partial charge is 0.146 e. The van der Waals surface area contributed by atoms with Crippen molar-refractivity contribution in [2.24, 2.45) is 0 Å². The molecule has 0 aliphatic heterocycles. The van der Waals surface area contributed by atoms with Gasteiger partial charge in [0.1, 0.15) is 35.4 Å². The normalized spacial score (nSPS) is 8.89. The van der Waals surface area contributed by atoms with Crippen LogP contribution in [0, 0.1) is 45.3 Å². The Labute approximate surface area is 110 Å². The van der Waals surface area contributed by atoms with Gasteiger partial charge in [0.25, 0.3) is 0 Å². The molecule has 0 aliphatic rings. The first kappa shape index (κ1) is 11.8. The highest BCUT2D eigenvalue weighted by atomic mass is 32.1. The van der Waals surface area contributed by atoms with E-state index in [1.165, 1.54) is 22.7 Å². The summed E-state index contributed by atoms with van der Waals surface area (Å²) in [5.41, 5.74) is 0.157. The quantitative estimate of drug-likeness (QED) is 0.719. The molecular formula is C12H2N4S2. The Balaban J connectivity index is 2.82. The zero-order chi connectivity index (χ0) is 13.1. The van der Waals surface area contributed by atoms with Crippen molar-refractivity contribution >= 4 is 43.2 Å². The van der Waals surface area contributed by atoms with E-state index in [4.69, 9.17) is 21.0 Å². The van der Waals surface area contributed by atoms with Gasteiger partial charge in [-0.05, 0) is 12.1 Å². The molecule has 2 aromatic rings. The summed E-state index contributed by atoms with van der Waals surface area (Å²) in [6, 6.07) is 10.8. The van der Waals surface area contributed by atoms with Crippen molar-refractivity contribution in [3.05, 3.63) is 21.2 Å². The summed E-state index contributed by atoms with van der Waals surface area (Å²) in [6.45, 7) is 0. The van der Waals surface area contributed by atoms with E-state index in [-0.39, 0.29) is 11.1 Å². The predicted octanol–water partition coefficient (Wildman–Crippen LogP) is 1.36. The second kappa shape index (κ2) is 4.70. The molecular weight excluding hydrogens is 264 g/mol. The lowest BCUT2D eigenvalue weighted by atomic mass is 10.3. The average molecular weight is 266 g/mol. The van der Waals surface area contributed by atoms with Crippen molar-refractivity contribution in [2.45, 2.75) is 0 Å².